The molecule has 1 aromatic rings. The summed E-state index contributed by atoms with van der Waals surface area (Å²) in [6.45, 7) is 1.04. The average molecular weight is 275 g/mol. The van der Waals surface area contributed by atoms with Gasteiger partial charge in [-0.05, 0) is 30.5 Å². The van der Waals surface area contributed by atoms with Crippen LogP contribution in [-0.2, 0) is 5.41 Å². The third-order valence-corrected chi connectivity index (χ3v) is 3.97. The van der Waals surface area contributed by atoms with Gasteiger partial charge in [-0.2, -0.15) is 0 Å². The molecule has 0 aliphatic heterocycles. The van der Waals surface area contributed by atoms with Crippen molar-refractivity contribution in [3.05, 3.63) is 34.3 Å². The Morgan fingerprint density at radius 1 is 1.20 bits per heavy atom. The highest BCUT2D eigenvalue weighted by Crippen LogP contribution is 2.53. The lowest BCUT2D eigenvalue weighted by atomic mass is 9.61. The summed E-state index contributed by atoms with van der Waals surface area (Å²) in [5.74, 6) is -2.63. The number of benzene rings is 1. The van der Waals surface area contributed by atoms with Crippen molar-refractivity contribution in [3.63, 3.8) is 0 Å². The first-order chi connectivity index (χ1) is 6.96. The second-order valence-electron chi connectivity index (χ2n) is 4.33. The third kappa shape index (κ3) is 1.71. The Balaban J connectivity index is 2.39. The molecule has 0 N–H and O–H groups in total. The van der Waals surface area contributed by atoms with E-state index in [2.05, 4.69) is 15.9 Å². The molecule has 0 unspecified atom stereocenters. The van der Waals surface area contributed by atoms with Crippen molar-refractivity contribution in [3.8, 4) is 0 Å². The highest BCUT2D eigenvalue weighted by Gasteiger charge is 2.54. The molecule has 0 aromatic heterocycles. The summed E-state index contributed by atoms with van der Waals surface area (Å²) < 4.78 is 28.1. The van der Waals surface area contributed by atoms with Crippen molar-refractivity contribution in [2.45, 2.75) is 37.5 Å². The molecular weight excluding hydrogens is 262 g/mol. The second-order valence-corrected chi connectivity index (χ2v) is 5.25. The molecule has 0 radical (unpaired) electrons. The summed E-state index contributed by atoms with van der Waals surface area (Å²) in [6, 6.07) is 7.28. The first-order valence-corrected chi connectivity index (χ1v) is 5.89. The Labute approximate surface area is 96.8 Å². The summed E-state index contributed by atoms with van der Waals surface area (Å²) in [5, 5.41) is 0. The van der Waals surface area contributed by atoms with E-state index in [-0.39, 0.29) is 0 Å². The lowest BCUT2D eigenvalue weighted by Gasteiger charge is -2.46. The maximum atomic E-state index is 13.6. The Kier molecular flexibility index (Phi) is 2.61. The smallest absolute Gasteiger partial charge is 0.206 e. The van der Waals surface area contributed by atoms with E-state index in [1.165, 1.54) is 0 Å². The molecule has 2 rings (SSSR count). The van der Waals surface area contributed by atoms with Crippen LogP contribution in [0.4, 0.5) is 8.78 Å². The first kappa shape index (κ1) is 11.1. The second kappa shape index (κ2) is 3.55. The number of rotatable bonds is 2. The van der Waals surface area contributed by atoms with Gasteiger partial charge in [0.15, 0.2) is 0 Å². The zero-order valence-corrected chi connectivity index (χ0v) is 10.2. The quantitative estimate of drug-likeness (QED) is 0.744. The topological polar surface area (TPSA) is 0 Å². The maximum Gasteiger partial charge on any atom is 0.254 e. The summed E-state index contributed by atoms with van der Waals surface area (Å²) in [6.07, 6.45) is 2.09. The molecule has 0 spiro atoms. The molecule has 0 heterocycles. The van der Waals surface area contributed by atoms with Crippen LogP contribution in [-0.4, -0.2) is 5.92 Å². The van der Waals surface area contributed by atoms with Gasteiger partial charge in [-0.1, -0.05) is 34.5 Å². The lowest BCUT2D eigenvalue weighted by molar-refractivity contribution is -0.0969. The van der Waals surface area contributed by atoms with Gasteiger partial charge in [0.25, 0.3) is 5.92 Å². The normalized spacial score (nSPS) is 19.7. The van der Waals surface area contributed by atoms with Gasteiger partial charge in [-0.15, -0.1) is 0 Å². The van der Waals surface area contributed by atoms with Crippen molar-refractivity contribution in [2.24, 2.45) is 0 Å². The fourth-order valence-electron chi connectivity index (χ4n) is 2.28. The number of halogens is 3. The summed E-state index contributed by atoms with van der Waals surface area (Å²) in [5.41, 5.74) is -0.141. The van der Waals surface area contributed by atoms with E-state index in [0.29, 0.717) is 12.8 Å². The monoisotopic (exact) mass is 274 g/mol. The van der Waals surface area contributed by atoms with Crippen LogP contribution in [0.15, 0.2) is 28.7 Å². The molecule has 0 bridgehead atoms. The van der Waals surface area contributed by atoms with Crippen LogP contribution in [0.5, 0.6) is 0 Å². The van der Waals surface area contributed by atoms with Gasteiger partial charge in [-0.25, -0.2) is 8.78 Å². The lowest BCUT2D eigenvalue weighted by Crippen LogP contribution is -2.48. The molecule has 1 aromatic carbocycles. The van der Waals surface area contributed by atoms with Gasteiger partial charge in [0.05, 0.1) is 5.41 Å². The van der Waals surface area contributed by atoms with E-state index in [0.717, 1.165) is 23.4 Å². The van der Waals surface area contributed by atoms with E-state index in [4.69, 9.17) is 0 Å². The Hall–Kier alpha value is -0.440. The minimum absolute atomic E-state index is 0.595. The Bertz CT molecular complexity index is 347. The van der Waals surface area contributed by atoms with Crippen molar-refractivity contribution in [2.75, 3.05) is 0 Å². The third-order valence-electron chi connectivity index (χ3n) is 3.44. The van der Waals surface area contributed by atoms with E-state index in [1.54, 1.807) is 12.1 Å². The molecule has 0 saturated heterocycles. The molecule has 1 fully saturated rings. The zero-order valence-electron chi connectivity index (χ0n) is 8.56. The fraction of sp³-hybridized carbons (Fsp3) is 0.500. The first-order valence-electron chi connectivity index (χ1n) is 5.10. The summed E-state index contributed by atoms with van der Waals surface area (Å²) in [7, 11) is 0. The molecule has 0 nitrogen and oxygen atoms in total. The van der Waals surface area contributed by atoms with E-state index in [9.17, 15) is 8.78 Å². The van der Waals surface area contributed by atoms with Crippen LogP contribution in [0.3, 0.4) is 0 Å². The summed E-state index contributed by atoms with van der Waals surface area (Å²) in [4.78, 5) is 0. The van der Waals surface area contributed by atoms with E-state index < -0.39 is 11.3 Å². The van der Waals surface area contributed by atoms with Crippen molar-refractivity contribution < 1.29 is 8.78 Å². The van der Waals surface area contributed by atoms with Gasteiger partial charge < -0.3 is 0 Å². The zero-order chi connectivity index (χ0) is 11.1. The molecular formula is C12H13BrF2. The molecule has 15 heavy (non-hydrogen) atoms. The Morgan fingerprint density at radius 2 is 1.73 bits per heavy atom. The van der Waals surface area contributed by atoms with Crippen LogP contribution >= 0.6 is 15.9 Å². The van der Waals surface area contributed by atoms with Gasteiger partial charge in [0.2, 0.25) is 0 Å². The number of hydrogen-bond acceptors (Lipinski definition) is 0. The fourth-order valence-corrected chi connectivity index (χ4v) is 2.54. The number of alkyl halides is 2. The summed E-state index contributed by atoms with van der Waals surface area (Å²) >= 11 is 3.32. The van der Waals surface area contributed by atoms with Gasteiger partial charge in [0.1, 0.15) is 0 Å². The van der Waals surface area contributed by atoms with Crippen LogP contribution < -0.4 is 0 Å². The van der Waals surface area contributed by atoms with E-state index in [1.807, 2.05) is 12.1 Å². The molecule has 0 amide bonds. The predicted molar refractivity (Wildman–Crippen MR) is 60.3 cm³/mol. The molecule has 82 valence electrons. The van der Waals surface area contributed by atoms with Crippen molar-refractivity contribution in [1.29, 1.82) is 0 Å². The largest absolute Gasteiger partial charge is 0.254 e. The van der Waals surface area contributed by atoms with E-state index >= 15 is 0 Å². The van der Waals surface area contributed by atoms with Crippen LogP contribution in [0.1, 0.15) is 31.7 Å². The molecule has 1 aliphatic carbocycles. The maximum absolute atomic E-state index is 13.6. The van der Waals surface area contributed by atoms with Crippen molar-refractivity contribution >= 4 is 15.9 Å². The van der Waals surface area contributed by atoms with Gasteiger partial charge in [-0.3, -0.25) is 0 Å². The van der Waals surface area contributed by atoms with Crippen LogP contribution in [0.2, 0.25) is 0 Å². The minimum Gasteiger partial charge on any atom is -0.206 e. The van der Waals surface area contributed by atoms with Gasteiger partial charge >= 0.3 is 0 Å². The SMILES string of the molecule is CC(F)(F)C1(c2ccc(Br)cc2)CCC1. The highest BCUT2D eigenvalue weighted by molar-refractivity contribution is 9.10. The molecule has 0 atom stereocenters. The molecule has 3 heteroatoms. The molecule has 1 aliphatic rings. The highest BCUT2D eigenvalue weighted by atomic mass is 79.9. The van der Waals surface area contributed by atoms with Gasteiger partial charge in [0, 0.05) is 11.4 Å². The average Bonchev–Trinajstić information content (AvgIpc) is 2.03. The standard InChI is InChI=1S/C12H13BrF2/c1-11(14,15)12(7-2-8-12)9-3-5-10(13)6-4-9/h3-6H,2,7-8H2,1H3. The van der Waals surface area contributed by atoms with Crippen molar-refractivity contribution in [1.82, 2.24) is 0 Å². The van der Waals surface area contributed by atoms with Crippen LogP contribution in [0.25, 0.3) is 0 Å². The predicted octanol–water partition coefficient (Wildman–Crippen LogP) is 4.53. The van der Waals surface area contributed by atoms with Crippen LogP contribution in [0, 0.1) is 0 Å². The minimum atomic E-state index is -2.63. The Morgan fingerprint density at radius 3 is 2.07 bits per heavy atom. The number of hydrogen-bond donors (Lipinski definition) is 0. The molecule has 1 saturated carbocycles.